The predicted octanol–water partition coefficient (Wildman–Crippen LogP) is 3.21. The summed E-state index contributed by atoms with van der Waals surface area (Å²) < 4.78 is 4.40. The van der Waals surface area contributed by atoms with E-state index in [0.717, 1.165) is 18.8 Å². The fourth-order valence-corrected chi connectivity index (χ4v) is 3.99. The van der Waals surface area contributed by atoms with E-state index >= 15 is 0 Å². The highest BCUT2D eigenvalue weighted by atomic mass is 79.9. The van der Waals surface area contributed by atoms with Crippen molar-refractivity contribution in [2.45, 2.75) is 6.04 Å². The Morgan fingerprint density at radius 3 is 2.56 bits per heavy atom. The number of aromatic nitrogens is 3. The second-order valence-corrected chi connectivity index (χ2v) is 7.14. The van der Waals surface area contributed by atoms with Crippen LogP contribution in [0.2, 0.25) is 0 Å². The fourth-order valence-electron chi connectivity index (χ4n) is 1.32. The first-order chi connectivity index (χ1) is 7.50. The van der Waals surface area contributed by atoms with Crippen molar-refractivity contribution in [1.82, 2.24) is 15.0 Å². The van der Waals surface area contributed by atoms with Crippen molar-refractivity contribution >= 4 is 59.1 Å². The zero-order chi connectivity index (χ0) is 11.9. The van der Waals surface area contributed by atoms with Crippen LogP contribution < -0.4 is 5.73 Å². The Hall–Kier alpha value is 0.240. The van der Waals surface area contributed by atoms with Gasteiger partial charge in [-0.1, -0.05) is 5.21 Å². The second kappa shape index (κ2) is 4.85. The van der Waals surface area contributed by atoms with E-state index in [4.69, 9.17) is 5.73 Å². The molecule has 2 heterocycles. The third-order valence-corrected chi connectivity index (χ3v) is 6.00. The minimum Gasteiger partial charge on any atom is -0.318 e. The van der Waals surface area contributed by atoms with E-state index < -0.39 is 0 Å². The Morgan fingerprint density at radius 2 is 2.12 bits per heavy atom. The summed E-state index contributed by atoms with van der Waals surface area (Å²) in [7, 11) is 1.82. The van der Waals surface area contributed by atoms with Crippen LogP contribution in [0.1, 0.15) is 16.6 Å². The zero-order valence-corrected chi connectivity index (χ0v) is 13.7. The molecule has 0 bridgehead atoms. The molecule has 0 saturated carbocycles. The molecular weight excluding hydrogens is 424 g/mol. The van der Waals surface area contributed by atoms with Crippen molar-refractivity contribution in [3.8, 4) is 0 Å². The zero-order valence-electron chi connectivity index (χ0n) is 8.12. The van der Waals surface area contributed by atoms with Crippen molar-refractivity contribution in [1.29, 1.82) is 0 Å². The van der Waals surface area contributed by atoms with E-state index in [-0.39, 0.29) is 6.04 Å². The summed E-state index contributed by atoms with van der Waals surface area (Å²) in [5.41, 5.74) is 7.04. The highest BCUT2D eigenvalue weighted by Crippen LogP contribution is 2.37. The van der Waals surface area contributed by atoms with Crippen molar-refractivity contribution in [2.75, 3.05) is 0 Å². The molecule has 0 aliphatic carbocycles. The number of nitrogens with zero attached hydrogens (tertiary/aromatic N) is 3. The summed E-state index contributed by atoms with van der Waals surface area (Å²) >= 11 is 11.8. The summed E-state index contributed by atoms with van der Waals surface area (Å²) in [6.45, 7) is 0. The number of nitrogens with two attached hydrogens (primary N) is 1. The number of rotatable bonds is 2. The largest absolute Gasteiger partial charge is 0.318 e. The van der Waals surface area contributed by atoms with Crippen LogP contribution in [0.25, 0.3) is 0 Å². The average molecular weight is 431 g/mol. The monoisotopic (exact) mass is 428 g/mol. The minimum atomic E-state index is -0.234. The van der Waals surface area contributed by atoms with Gasteiger partial charge in [0.2, 0.25) is 0 Å². The van der Waals surface area contributed by atoms with Gasteiger partial charge in [0.25, 0.3) is 0 Å². The van der Waals surface area contributed by atoms with E-state index in [2.05, 4.69) is 58.1 Å². The molecule has 16 heavy (non-hydrogen) atoms. The summed E-state index contributed by atoms with van der Waals surface area (Å²) in [5.74, 6) is 0. The molecule has 1 unspecified atom stereocenters. The van der Waals surface area contributed by atoms with Gasteiger partial charge < -0.3 is 5.73 Å². The minimum absolute atomic E-state index is 0.234. The normalized spacial score (nSPS) is 13.1. The molecule has 0 aliphatic rings. The van der Waals surface area contributed by atoms with Gasteiger partial charge in [0.1, 0.15) is 0 Å². The highest BCUT2D eigenvalue weighted by molar-refractivity contribution is 9.13. The lowest BCUT2D eigenvalue weighted by Gasteiger charge is -2.09. The van der Waals surface area contributed by atoms with Crippen LogP contribution in [-0.4, -0.2) is 15.0 Å². The Bertz CT molecular complexity index is 482. The maximum Gasteiger partial charge on any atom is 0.153 e. The fraction of sp³-hybridized carbons (Fsp3) is 0.250. The lowest BCUT2D eigenvalue weighted by atomic mass is 10.2. The van der Waals surface area contributed by atoms with Crippen molar-refractivity contribution in [3.63, 3.8) is 0 Å². The van der Waals surface area contributed by atoms with Gasteiger partial charge in [-0.05, 0) is 53.9 Å². The molecule has 1 atom stereocenters. The van der Waals surface area contributed by atoms with E-state index in [1.165, 1.54) is 0 Å². The third kappa shape index (κ3) is 2.26. The number of hydrogen-bond donors (Lipinski definition) is 1. The number of aryl methyl sites for hydroxylation is 1. The lowest BCUT2D eigenvalue weighted by molar-refractivity contribution is 0.654. The first-order valence-electron chi connectivity index (χ1n) is 4.26. The van der Waals surface area contributed by atoms with Crippen LogP contribution in [-0.2, 0) is 7.05 Å². The van der Waals surface area contributed by atoms with Crippen LogP contribution in [0.5, 0.6) is 0 Å². The SMILES string of the molecule is Cn1nnc(Br)c1C(N)c1cc(Br)c(Br)s1. The Labute approximate surface area is 122 Å². The van der Waals surface area contributed by atoms with Gasteiger partial charge in [-0.25, -0.2) is 4.68 Å². The maximum absolute atomic E-state index is 6.18. The molecule has 0 saturated heterocycles. The van der Waals surface area contributed by atoms with Crippen LogP contribution in [0.15, 0.2) is 18.9 Å². The molecule has 0 aliphatic heterocycles. The van der Waals surface area contributed by atoms with Crippen LogP contribution in [0, 0.1) is 0 Å². The third-order valence-electron chi connectivity index (χ3n) is 2.09. The molecule has 8 heteroatoms. The molecular formula is C8H7Br3N4S. The average Bonchev–Trinajstić information content (AvgIpc) is 2.72. The summed E-state index contributed by atoms with van der Waals surface area (Å²) in [5, 5.41) is 7.84. The van der Waals surface area contributed by atoms with Crippen molar-refractivity contribution in [3.05, 3.63) is 29.5 Å². The van der Waals surface area contributed by atoms with Gasteiger partial charge in [0.15, 0.2) is 4.60 Å². The van der Waals surface area contributed by atoms with E-state index in [9.17, 15) is 0 Å². The Morgan fingerprint density at radius 1 is 1.44 bits per heavy atom. The molecule has 2 N–H and O–H groups in total. The molecule has 2 aromatic heterocycles. The number of hydrogen-bond acceptors (Lipinski definition) is 4. The molecule has 86 valence electrons. The van der Waals surface area contributed by atoms with Crippen LogP contribution in [0.4, 0.5) is 0 Å². The van der Waals surface area contributed by atoms with E-state index in [1.54, 1.807) is 16.0 Å². The van der Waals surface area contributed by atoms with Gasteiger partial charge in [-0.2, -0.15) is 0 Å². The topological polar surface area (TPSA) is 56.7 Å². The first kappa shape index (κ1) is 12.7. The van der Waals surface area contributed by atoms with Crippen LogP contribution in [0.3, 0.4) is 0 Å². The second-order valence-electron chi connectivity index (χ2n) is 3.14. The molecule has 0 radical (unpaired) electrons. The smallest absolute Gasteiger partial charge is 0.153 e. The molecule has 2 aromatic rings. The number of halogens is 3. The summed E-state index contributed by atoms with van der Waals surface area (Å²) in [6, 6.07) is 1.76. The van der Waals surface area contributed by atoms with E-state index in [0.29, 0.717) is 4.60 Å². The summed E-state index contributed by atoms with van der Waals surface area (Å²) in [4.78, 5) is 1.05. The van der Waals surface area contributed by atoms with Crippen molar-refractivity contribution in [2.24, 2.45) is 12.8 Å². The molecule has 0 amide bonds. The molecule has 0 fully saturated rings. The van der Waals surface area contributed by atoms with Gasteiger partial charge in [0, 0.05) is 16.4 Å². The van der Waals surface area contributed by atoms with Gasteiger partial charge in [-0.15, -0.1) is 16.4 Å². The van der Waals surface area contributed by atoms with E-state index in [1.807, 2.05) is 13.1 Å². The Kier molecular flexibility index (Phi) is 3.85. The van der Waals surface area contributed by atoms with Crippen molar-refractivity contribution < 1.29 is 0 Å². The Balaban J connectivity index is 2.42. The first-order valence-corrected chi connectivity index (χ1v) is 7.45. The molecule has 4 nitrogen and oxygen atoms in total. The predicted molar refractivity (Wildman–Crippen MR) is 74.5 cm³/mol. The lowest BCUT2D eigenvalue weighted by Crippen LogP contribution is -2.15. The highest BCUT2D eigenvalue weighted by Gasteiger charge is 2.20. The van der Waals surface area contributed by atoms with Crippen LogP contribution >= 0.6 is 59.1 Å². The standard InChI is InChI=1S/C8H7Br3N4S/c1-15-6(7(10)13-14-15)5(12)4-2-3(9)8(11)16-4/h2,5H,12H2,1H3. The number of thiophene rings is 1. The molecule has 0 aromatic carbocycles. The van der Waals surface area contributed by atoms with Gasteiger partial charge >= 0.3 is 0 Å². The summed E-state index contributed by atoms with van der Waals surface area (Å²) in [6.07, 6.45) is 0. The molecule has 2 rings (SSSR count). The molecule has 0 spiro atoms. The quantitative estimate of drug-likeness (QED) is 0.795. The van der Waals surface area contributed by atoms with Gasteiger partial charge in [0.05, 0.1) is 15.5 Å². The van der Waals surface area contributed by atoms with Gasteiger partial charge in [-0.3, -0.25) is 0 Å². The maximum atomic E-state index is 6.18.